The summed E-state index contributed by atoms with van der Waals surface area (Å²) in [5.41, 5.74) is 10.8. The molecule has 0 aliphatic rings. The second-order valence-electron chi connectivity index (χ2n) is 9.45. The van der Waals surface area contributed by atoms with Crippen molar-refractivity contribution < 1.29 is 13.2 Å². The molecule has 0 amide bonds. The Kier molecular flexibility index (Phi) is 7.95. The lowest BCUT2D eigenvalue weighted by Crippen LogP contribution is -2.16. The first-order chi connectivity index (χ1) is 19.2. The Bertz CT molecular complexity index is 1760. The van der Waals surface area contributed by atoms with Gasteiger partial charge in [0.25, 0.3) is 10.0 Å². The third-order valence-electron chi connectivity index (χ3n) is 6.15. The van der Waals surface area contributed by atoms with Crippen LogP contribution in [0.5, 0.6) is 5.88 Å². The minimum atomic E-state index is -3.85. The van der Waals surface area contributed by atoms with Crippen LogP contribution in [0.3, 0.4) is 0 Å². The molecule has 0 aliphatic carbocycles. The van der Waals surface area contributed by atoms with Crippen LogP contribution < -0.4 is 15.2 Å². The van der Waals surface area contributed by atoms with Gasteiger partial charge in [-0.2, -0.15) is 0 Å². The lowest BCUT2D eigenvalue weighted by atomic mass is 10.0. The molecule has 0 bridgehead atoms. The molecule has 5 aromatic rings. The fraction of sp³-hybridized carbons (Fsp3) is 0.161. The van der Waals surface area contributed by atoms with E-state index >= 15 is 0 Å². The first-order valence-corrected chi connectivity index (χ1v) is 15.4. The molecule has 3 aromatic carbocycles. The van der Waals surface area contributed by atoms with E-state index < -0.39 is 10.0 Å². The summed E-state index contributed by atoms with van der Waals surface area (Å²) in [6, 6.07) is 26.1. The lowest BCUT2D eigenvalue weighted by molar-refractivity contribution is 0.234. The Morgan fingerprint density at radius 2 is 1.65 bits per heavy atom. The van der Waals surface area contributed by atoms with E-state index in [1.807, 2.05) is 38.1 Å². The van der Waals surface area contributed by atoms with Crippen molar-refractivity contribution in [1.29, 1.82) is 0 Å². The predicted molar refractivity (Wildman–Crippen MR) is 164 cm³/mol. The molecule has 5 rings (SSSR count). The summed E-state index contributed by atoms with van der Waals surface area (Å²) in [5.74, 6) is 1.68. The number of hydrogen-bond donors (Lipinski definition) is 2. The summed E-state index contributed by atoms with van der Waals surface area (Å²) < 4.78 is 34.7. The third-order valence-corrected chi connectivity index (χ3v) is 8.43. The first-order valence-electron chi connectivity index (χ1n) is 12.9. The van der Waals surface area contributed by atoms with Crippen LogP contribution in [0, 0.1) is 0 Å². The highest BCUT2D eigenvalue weighted by Crippen LogP contribution is 2.34. The van der Waals surface area contributed by atoms with Crippen molar-refractivity contribution in [3.8, 4) is 28.1 Å². The minimum absolute atomic E-state index is 0.152. The maximum Gasteiger partial charge on any atom is 0.262 e. The Labute approximate surface area is 238 Å². The monoisotopic (exact) mass is 570 g/mol. The highest BCUT2D eigenvalue weighted by molar-refractivity contribution is 7.99. The summed E-state index contributed by atoms with van der Waals surface area (Å²) in [5, 5.41) is 0.905. The van der Waals surface area contributed by atoms with Crippen LogP contribution in [0.15, 0.2) is 101 Å². The Morgan fingerprint density at radius 3 is 2.35 bits per heavy atom. The van der Waals surface area contributed by atoms with Crippen LogP contribution in [0.1, 0.15) is 20.8 Å². The molecule has 40 heavy (non-hydrogen) atoms. The molecular formula is C31H30N4O3S2. The summed E-state index contributed by atoms with van der Waals surface area (Å²) in [6.07, 6.45) is 1.48. The van der Waals surface area contributed by atoms with Gasteiger partial charge in [0.05, 0.1) is 16.5 Å². The number of sulfonamides is 1. The maximum absolute atomic E-state index is 13.1. The minimum Gasteiger partial charge on any atom is -0.473 e. The van der Waals surface area contributed by atoms with Crippen molar-refractivity contribution in [3.63, 3.8) is 0 Å². The number of aromatic nitrogens is 2. The number of nitrogens with zero attached hydrogens (tertiary/aromatic N) is 2. The summed E-state index contributed by atoms with van der Waals surface area (Å²) in [6.45, 7) is 5.85. The van der Waals surface area contributed by atoms with E-state index in [9.17, 15) is 8.42 Å². The molecule has 0 saturated heterocycles. The second-order valence-corrected chi connectivity index (χ2v) is 12.5. The number of hydrogen-bond acceptors (Lipinski definition) is 7. The SMILES string of the molecule is CCSc1ccc(-c2cc3cc(-c4cnc(OC(C)C)c(NS(=O)(=O)c5ccccc5)c4)ccc3nc2N)cc1. The molecule has 0 fully saturated rings. The smallest absolute Gasteiger partial charge is 0.262 e. The molecule has 2 aromatic heterocycles. The number of rotatable bonds is 9. The van der Waals surface area contributed by atoms with Gasteiger partial charge in [0.1, 0.15) is 11.5 Å². The Hall–Kier alpha value is -4.08. The largest absolute Gasteiger partial charge is 0.473 e. The average molecular weight is 571 g/mol. The van der Waals surface area contributed by atoms with Gasteiger partial charge in [-0.1, -0.05) is 43.3 Å². The number of pyridine rings is 2. The van der Waals surface area contributed by atoms with Gasteiger partial charge in [-0.15, -0.1) is 11.8 Å². The molecule has 0 spiro atoms. The molecule has 0 atom stereocenters. The summed E-state index contributed by atoms with van der Waals surface area (Å²) >= 11 is 1.79. The number of nitrogen functional groups attached to an aromatic ring is 1. The van der Waals surface area contributed by atoms with E-state index in [0.29, 0.717) is 5.82 Å². The van der Waals surface area contributed by atoms with Gasteiger partial charge in [-0.25, -0.2) is 18.4 Å². The van der Waals surface area contributed by atoms with Crippen LogP contribution in [0.2, 0.25) is 0 Å². The van der Waals surface area contributed by atoms with Crippen molar-refractivity contribution in [3.05, 3.63) is 91.1 Å². The normalized spacial score (nSPS) is 11.6. The zero-order valence-corrected chi connectivity index (χ0v) is 24.1. The highest BCUT2D eigenvalue weighted by Gasteiger charge is 2.19. The van der Waals surface area contributed by atoms with Crippen LogP contribution in [0.25, 0.3) is 33.2 Å². The second kappa shape index (κ2) is 11.6. The molecule has 0 unspecified atom stereocenters. The predicted octanol–water partition coefficient (Wildman–Crippen LogP) is 7.25. The highest BCUT2D eigenvalue weighted by atomic mass is 32.2. The maximum atomic E-state index is 13.1. The van der Waals surface area contributed by atoms with Gasteiger partial charge < -0.3 is 10.5 Å². The van der Waals surface area contributed by atoms with Crippen LogP contribution in [-0.4, -0.2) is 30.2 Å². The third kappa shape index (κ3) is 6.05. The van der Waals surface area contributed by atoms with Crippen molar-refractivity contribution in [2.24, 2.45) is 0 Å². The molecule has 3 N–H and O–H groups in total. The van der Waals surface area contributed by atoms with Gasteiger partial charge in [-0.3, -0.25) is 4.72 Å². The van der Waals surface area contributed by atoms with Crippen molar-refractivity contribution >= 4 is 44.2 Å². The summed E-state index contributed by atoms with van der Waals surface area (Å²) in [4.78, 5) is 10.5. The van der Waals surface area contributed by atoms with E-state index in [0.717, 1.165) is 38.9 Å². The van der Waals surface area contributed by atoms with Gasteiger partial charge in [0.2, 0.25) is 5.88 Å². The zero-order valence-electron chi connectivity index (χ0n) is 22.5. The fourth-order valence-electron chi connectivity index (χ4n) is 4.30. The molecule has 7 nitrogen and oxygen atoms in total. The van der Waals surface area contributed by atoms with E-state index in [4.69, 9.17) is 10.5 Å². The van der Waals surface area contributed by atoms with E-state index in [2.05, 4.69) is 45.9 Å². The lowest BCUT2D eigenvalue weighted by Gasteiger charge is -2.16. The summed E-state index contributed by atoms with van der Waals surface area (Å²) in [7, 11) is -3.85. The van der Waals surface area contributed by atoms with Crippen LogP contribution >= 0.6 is 11.8 Å². The quantitative estimate of drug-likeness (QED) is 0.180. The molecule has 2 heterocycles. The van der Waals surface area contributed by atoms with Crippen molar-refractivity contribution in [1.82, 2.24) is 9.97 Å². The van der Waals surface area contributed by atoms with Gasteiger partial charge in [-0.05, 0) is 79.3 Å². The molecule has 0 aliphatic heterocycles. The number of benzene rings is 3. The Balaban J connectivity index is 1.54. The fourth-order valence-corrected chi connectivity index (χ4v) is 6.03. The molecule has 0 saturated carbocycles. The van der Waals surface area contributed by atoms with Crippen LogP contribution in [-0.2, 0) is 10.0 Å². The average Bonchev–Trinajstić information content (AvgIpc) is 2.94. The number of anilines is 2. The molecule has 204 valence electrons. The van der Waals surface area contributed by atoms with Gasteiger partial charge in [0.15, 0.2) is 0 Å². The first kappa shape index (κ1) is 27.5. The number of nitrogens with one attached hydrogen (secondary N) is 1. The zero-order chi connectivity index (χ0) is 28.3. The van der Waals surface area contributed by atoms with E-state index in [-0.39, 0.29) is 22.6 Å². The van der Waals surface area contributed by atoms with Crippen molar-refractivity contribution in [2.45, 2.75) is 36.7 Å². The van der Waals surface area contributed by atoms with Gasteiger partial charge >= 0.3 is 0 Å². The molecule has 9 heteroatoms. The number of thioether (sulfide) groups is 1. The number of ether oxygens (including phenoxy) is 1. The van der Waals surface area contributed by atoms with Crippen molar-refractivity contribution in [2.75, 3.05) is 16.2 Å². The topological polar surface area (TPSA) is 107 Å². The number of nitrogens with two attached hydrogens (primary N) is 1. The van der Waals surface area contributed by atoms with Crippen LogP contribution in [0.4, 0.5) is 11.5 Å². The van der Waals surface area contributed by atoms with Gasteiger partial charge in [0, 0.05) is 27.6 Å². The standard InChI is InChI=1S/C31H30N4O3S2/c1-4-39-25-13-10-21(11-14-25)27-17-23-16-22(12-15-28(23)34-30(27)32)24-18-29(31(33-19-24)38-20(2)3)35-40(36,37)26-8-6-5-7-9-26/h5-20,35H,4H2,1-3H3,(H2,32,34). The Morgan fingerprint density at radius 1 is 0.925 bits per heavy atom. The molecule has 0 radical (unpaired) electrons. The van der Waals surface area contributed by atoms with E-state index in [1.54, 1.807) is 54.4 Å². The molecular weight excluding hydrogens is 541 g/mol. The van der Waals surface area contributed by atoms with E-state index in [1.165, 1.54) is 4.90 Å². The number of fused-ring (bicyclic) bond motifs is 1.